The van der Waals surface area contributed by atoms with Gasteiger partial charge in [0.2, 0.25) is 0 Å². The minimum Gasteiger partial charge on any atom is -0.386 e. The molecule has 1 atom stereocenters. The van der Waals surface area contributed by atoms with E-state index in [1.54, 1.807) is 12.5 Å². The summed E-state index contributed by atoms with van der Waals surface area (Å²) in [5.74, 6) is 0. The molecule has 2 rings (SSSR count). The number of aliphatic hydroxyl groups excluding tert-OH is 1. The second kappa shape index (κ2) is 6.22. The molecule has 1 unspecified atom stereocenters. The third-order valence-corrected chi connectivity index (χ3v) is 3.52. The lowest BCUT2D eigenvalue weighted by Gasteiger charge is -2.14. The van der Waals surface area contributed by atoms with Gasteiger partial charge in [-0.05, 0) is 30.5 Å². The molecule has 0 saturated heterocycles. The van der Waals surface area contributed by atoms with Crippen LogP contribution in [0.15, 0.2) is 30.7 Å². The average molecular weight is 279 g/mol. The normalized spacial score (nSPS) is 12.6. The van der Waals surface area contributed by atoms with Crippen LogP contribution in [0.2, 0.25) is 5.02 Å². The molecule has 3 nitrogen and oxygen atoms in total. The number of nitrogens with zero attached hydrogens (tertiary/aromatic N) is 2. The first-order valence-electron chi connectivity index (χ1n) is 6.55. The topological polar surface area (TPSA) is 38.0 Å². The van der Waals surface area contributed by atoms with Gasteiger partial charge in [-0.15, -0.1) is 0 Å². The van der Waals surface area contributed by atoms with Crippen LogP contribution in [0.5, 0.6) is 0 Å². The van der Waals surface area contributed by atoms with Gasteiger partial charge in [0, 0.05) is 18.0 Å². The van der Waals surface area contributed by atoms with Crippen molar-refractivity contribution in [3.63, 3.8) is 0 Å². The van der Waals surface area contributed by atoms with Gasteiger partial charge < -0.3 is 9.67 Å². The molecule has 0 spiro atoms. The maximum absolute atomic E-state index is 10.3. The first-order valence-corrected chi connectivity index (χ1v) is 6.92. The SMILES string of the molecule is CCCn1cncc1C(O)Cc1ccc(C)cc1Cl. The minimum atomic E-state index is -0.575. The zero-order chi connectivity index (χ0) is 13.8. The highest BCUT2D eigenvalue weighted by Gasteiger charge is 2.15. The van der Waals surface area contributed by atoms with E-state index in [2.05, 4.69) is 11.9 Å². The number of benzene rings is 1. The molecule has 0 aliphatic heterocycles. The molecule has 0 saturated carbocycles. The highest BCUT2D eigenvalue weighted by Crippen LogP contribution is 2.24. The summed E-state index contributed by atoms with van der Waals surface area (Å²) < 4.78 is 1.99. The Morgan fingerprint density at radius 3 is 2.89 bits per heavy atom. The highest BCUT2D eigenvalue weighted by atomic mass is 35.5. The van der Waals surface area contributed by atoms with E-state index in [9.17, 15) is 5.11 Å². The van der Waals surface area contributed by atoms with Gasteiger partial charge in [-0.25, -0.2) is 4.98 Å². The second-order valence-electron chi connectivity index (χ2n) is 4.83. The van der Waals surface area contributed by atoms with E-state index in [4.69, 9.17) is 11.6 Å². The fraction of sp³-hybridized carbons (Fsp3) is 0.400. The summed E-state index contributed by atoms with van der Waals surface area (Å²) in [4.78, 5) is 4.11. The van der Waals surface area contributed by atoms with Crippen molar-refractivity contribution in [3.05, 3.63) is 52.6 Å². The molecule has 1 heterocycles. The first-order chi connectivity index (χ1) is 9.11. The molecular weight excluding hydrogens is 260 g/mol. The molecule has 2 aromatic rings. The van der Waals surface area contributed by atoms with Gasteiger partial charge in [-0.1, -0.05) is 30.7 Å². The van der Waals surface area contributed by atoms with Crippen molar-refractivity contribution in [1.82, 2.24) is 9.55 Å². The van der Waals surface area contributed by atoms with Gasteiger partial charge in [-0.3, -0.25) is 0 Å². The van der Waals surface area contributed by atoms with Crippen LogP contribution in [-0.4, -0.2) is 14.7 Å². The van der Waals surface area contributed by atoms with Gasteiger partial charge in [0.05, 0.1) is 24.3 Å². The molecule has 0 fully saturated rings. The Bertz CT molecular complexity index is 551. The Hall–Kier alpha value is -1.32. The summed E-state index contributed by atoms with van der Waals surface area (Å²) in [6.45, 7) is 4.98. The van der Waals surface area contributed by atoms with Crippen LogP contribution in [0.1, 0.15) is 36.3 Å². The van der Waals surface area contributed by atoms with Gasteiger partial charge in [0.15, 0.2) is 0 Å². The van der Waals surface area contributed by atoms with Gasteiger partial charge in [0.25, 0.3) is 0 Å². The van der Waals surface area contributed by atoms with Crippen molar-refractivity contribution in [2.24, 2.45) is 0 Å². The van der Waals surface area contributed by atoms with Crippen LogP contribution >= 0.6 is 11.6 Å². The average Bonchev–Trinajstić information content (AvgIpc) is 2.81. The first kappa shape index (κ1) is 14.1. The predicted octanol–water partition coefficient (Wildman–Crippen LogP) is 3.53. The molecule has 1 aromatic carbocycles. The molecule has 0 aliphatic rings. The Morgan fingerprint density at radius 1 is 1.42 bits per heavy atom. The highest BCUT2D eigenvalue weighted by molar-refractivity contribution is 6.31. The Balaban J connectivity index is 2.16. The monoisotopic (exact) mass is 278 g/mol. The summed E-state index contributed by atoms with van der Waals surface area (Å²) >= 11 is 6.20. The van der Waals surface area contributed by atoms with Crippen LogP contribution in [0, 0.1) is 6.92 Å². The molecule has 0 radical (unpaired) electrons. The third kappa shape index (κ3) is 3.37. The number of hydrogen-bond acceptors (Lipinski definition) is 2. The largest absolute Gasteiger partial charge is 0.386 e. The summed E-state index contributed by atoms with van der Waals surface area (Å²) in [5, 5.41) is 11.1. The number of aromatic nitrogens is 2. The number of hydrogen-bond donors (Lipinski definition) is 1. The van der Waals surface area contributed by atoms with Gasteiger partial charge >= 0.3 is 0 Å². The summed E-state index contributed by atoms with van der Waals surface area (Å²) in [7, 11) is 0. The van der Waals surface area contributed by atoms with E-state index < -0.39 is 6.10 Å². The van der Waals surface area contributed by atoms with E-state index in [-0.39, 0.29) is 0 Å². The van der Waals surface area contributed by atoms with Gasteiger partial charge in [-0.2, -0.15) is 0 Å². The number of aryl methyl sites for hydroxylation is 2. The minimum absolute atomic E-state index is 0.508. The predicted molar refractivity (Wildman–Crippen MR) is 77.4 cm³/mol. The molecule has 1 N–H and O–H groups in total. The standard InChI is InChI=1S/C15H19ClN2O/c1-3-6-18-10-17-9-14(18)15(19)8-12-5-4-11(2)7-13(12)16/h4-5,7,9-10,15,19H,3,6,8H2,1-2H3. The van der Waals surface area contributed by atoms with Crippen LogP contribution in [0.25, 0.3) is 0 Å². The Kier molecular flexibility index (Phi) is 4.61. The Morgan fingerprint density at radius 2 is 2.21 bits per heavy atom. The van der Waals surface area contributed by atoms with Crippen molar-refractivity contribution in [2.75, 3.05) is 0 Å². The van der Waals surface area contributed by atoms with Crippen LogP contribution < -0.4 is 0 Å². The molecule has 0 aliphatic carbocycles. The molecule has 1 aromatic heterocycles. The maximum Gasteiger partial charge on any atom is 0.0996 e. The van der Waals surface area contributed by atoms with E-state index in [1.807, 2.05) is 29.7 Å². The molecule has 19 heavy (non-hydrogen) atoms. The summed E-state index contributed by atoms with van der Waals surface area (Å²) in [6, 6.07) is 5.91. The van der Waals surface area contributed by atoms with E-state index >= 15 is 0 Å². The maximum atomic E-state index is 10.3. The van der Waals surface area contributed by atoms with Gasteiger partial charge in [0.1, 0.15) is 0 Å². The lowest BCUT2D eigenvalue weighted by Crippen LogP contribution is -2.09. The number of aliphatic hydroxyl groups is 1. The zero-order valence-electron chi connectivity index (χ0n) is 11.3. The van der Waals surface area contributed by atoms with Crippen LogP contribution in [-0.2, 0) is 13.0 Å². The lowest BCUT2D eigenvalue weighted by molar-refractivity contribution is 0.168. The number of halogens is 1. The number of rotatable bonds is 5. The fourth-order valence-electron chi connectivity index (χ4n) is 2.17. The third-order valence-electron chi connectivity index (χ3n) is 3.17. The van der Waals surface area contributed by atoms with Crippen molar-refractivity contribution < 1.29 is 5.11 Å². The molecule has 102 valence electrons. The van der Waals surface area contributed by atoms with Crippen LogP contribution in [0.4, 0.5) is 0 Å². The quantitative estimate of drug-likeness (QED) is 0.909. The Labute approximate surface area is 118 Å². The molecule has 0 amide bonds. The molecule has 4 heteroatoms. The second-order valence-corrected chi connectivity index (χ2v) is 5.23. The zero-order valence-corrected chi connectivity index (χ0v) is 12.1. The molecule has 0 bridgehead atoms. The molecular formula is C15H19ClN2O. The van der Waals surface area contributed by atoms with Crippen molar-refractivity contribution in [1.29, 1.82) is 0 Å². The van der Waals surface area contributed by atoms with Crippen LogP contribution in [0.3, 0.4) is 0 Å². The smallest absolute Gasteiger partial charge is 0.0996 e. The van der Waals surface area contributed by atoms with Crippen molar-refractivity contribution in [2.45, 2.75) is 39.3 Å². The van der Waals surface area contributed by atoms with Crippen molar-refractivity contribution in [3.8, 4) is 0 Å². The van der Waals surface area contributed by atoms with Crippen molar-refractivity contribution >= 4 is 11.6 Å². The summed E-state index contributed by atoms with van der Waals surface area (Å²) in [6.07, 6.45) is 4.44. The van der Waals surface area contributed by atoms with E-state index in [1.165, 1.54) is 0 Å². The van der Waals surface area contributed by atoms with E-state index in [0.29, 0.717) is 11.4 Å². The number of imidazole rings is 1. The summed E-state index contributed by atoms with van der Waals surface area (Å²) in [5.41, 5.74) is 2.93. The lowest BCUT2D eigenvalue weighted by atomic mass is 10.0. The fourth-order valence-corrected chi connectivity index (χ4v) is 2.48. The van der Waals surface area contributed by atoms with E-state index in [0.717, 1.165) is 29.8 Å².